The molecule has 7 heteroatoms. The van der Waals surface area contributed by atoms with Crippen molar-refractivity contribution >= 4 is 17.3 Å². The lowest BCUT2D eigenvalue weighted by atomic mass is 9.78. The van der Waals surface area contributed by atoms with Gasteiger partial charge in [-0.15, -0.1) is 0 Å². The van der Waals surface area contributed by atoms with Crippen LogP contribution in [0.25, 0.3) is 0 Å². The Balaban J connectivity index is 1.34. The van der Waals surface area contributed by atoms with Crippen molar-refractivity contribution in [2.24, 2.45) is 0 Å². The molecule has 1 amide bonds. The number of nitro benzene ring substituents is 1. The average Bonchev–Trinajstić information content (AvgIpc) is 3.51. The first-order valence-electron chi connectivity index (χ1n) is 11.6. The zero-order valence-corrected chi connectivity index (χ0v) is 18.4. The van der Waals surface area contributed by atoms with Crippen LogP contribution in [0.2, 0.25) is 0 Å². The van der Waals surface area contributed by atoms with Crippen molar-refractivity contribution in [3.05, 3.63) is 64.2 Å². The summed E-state index contributed by atoms with van der Waals surface area (Å²) >= 11 is 0. The van der Waals surface area contributed by atoms with Gasteiger partial charge >= 0.3 is 0 Å². The standard InChI is InChI=1S/C25H31N3O4/c29-24(25(14-1-2-15-25)20-6-10-22(11-7-20)28(30)31)26-21-8-12-23(13-9-21)32-19-5-18-27-16-3-4-17-27/h6-13H,1-5,14-19H2,(H,26,29). The molecule has 1 aliphatic heterocycles. The Kier molecular flexibility index (Phi) is 7.05. The van der Waals surface area contributed by atoms with Crippen LogP contribution in [0.15, 0.2) is 48.5 Å². The number of carbonyl (C=O) groups is 1. The molecule has 0 unspecified atom stereocenters. The second-order valence-electron chi connectivity index (χ2n) is 8.82. The van der Waals surface area contributed by atoms with Crippen LogP contribution in [0.4, 0.5) is 11.4 Å². The first kappa shape index (κ1) is 22.3. The second kappa shape index (κ2) is 10.1. The van der Waals surface area contributed by atoms with Gasteiger partial charge in [-0.05, 0) is 75.0 Å². The molecule has 1 aliphatic carbocycles. The van der Waals surface area contributed by atoms with Gasteiger partial charge in [0.05, 0.1) is 16.9 Å². The van der Waals surface area contributed by atoms with Gasteiger partial charge in [-0.2, -0.15) is 0 Å². The van der Waals surface area contributed by atoms with E-state index in [9.17, 15) is 14.9 Å². The molecule has 2 aliphatic rings. The summed E-state index contributed by atoms with van der Waals surface area (Å²) in [4.78, 5) is 26.3. The highest BCUT2D eigenvalue weighted by atomic mass is 16.6. The van der Waals surface area contributed by atoms with Gasteiger partial charge in [0.1, 0.15) is 5.75 Å². The molecule has 0 radical (unpaired) electrons. The maximum absolute atomic E-state index is 13.3. The van der Waals surface area contributed by atoms with Crippen LogP contribution in [0, 0.1) is 10.1 Å². The van der Waals surface area contributed by atoms with Crippen molar-refractivity contribution in [2.75, 3.05) is 31.6 Å². The van der Waals surface area contributed by atoms with Crippen molar-refractivity contribution in [1.29, 1.82) is 0 Å². The zero-order chi connectivity index (χ0) is 22.4. The number of ether oxygens (including phenoxy) is 1. The molecule has 2 fully saturated rings. The molecule has 1 saturated heterocycles. The molecule has 0 spiro atoms. The van der Waals surface area contributed by atoms with Gasteiger partial charge in [0.25, 0.3) is 5.69 Å². The Hall–Kier alpha value is -2.93. The average molecular weight is 438 g/mol. The fraction of sp³-hybridized carbons (Fsp3) is 0.480. The molecule has 1 N–H and O–H groups in total. The minimum atomic E-state index is -0.639. The van der Waals surface area contributed by atoms with Crippen LogP contribution in [-0.2, 0) is 10.2 Å². The number of nitrogens with zero attached hydrogens (tertiary/aromatic N) is 2. The van der Waals surface area contributed by atoms with Gasteiger partial charge in [0, 0.05) is 24.4 Å². The zero-order valence-electron chi connectivity index (χ0n) is 18.4. The number of likely N-dealkylation sites (tertiary alicyclic amines) is 1. The number of non-ortho nitro benzene ring substituents is 1. The van der Waals surface area contributed by atoms with E-state index >= 15 is 0 Å². The summed E-state index contributed by atoms with van der Waals surface area (Å²) < 4.78 is 5.85. The Labute approximate surface area is 188 Å². The summed E-state index contributed by atoms with van der Waals surface area (Å²) in [7, 11) is 0. The molecule has 4 rings (SSSR count). The van der Waals surface area contributed by atoms with Crippen molar-refractivity contribution in [3.63, 3.8) is 0 Å². The number of anilines is 1. The van der Waals surface area contributed by atoms with Gasteiger partial charge in [0.2, 0.25) is 5.91 Å². The van der Waals surface area contributed by atoms with Gasteiger partial charge in [-0.1, -0.05) is 25.0 Å². The first-order chi connectivity index (χ1) is 15.6. The van der Waals surface area contributed by atoms with Gasteiger partial charge in [-0.25, -0.2) is 0 Å². The van der Waals surface area contributed by atoms with E-state index in [1.54, 1.807) is 12.1 Å². The highest BCUT2D eigenvalue weighted by molar-refractivity contribution is 5.99. The van der Waals surface area contributed by atoms with Gasteiger partial charge in [0.15, 0.2) is 0 Å². The summed E-state index contributed by atoms with van der Waals surface area (Å²) in [6.45, 7) is 4.18. The van der Waals surface area contributed by atoms with Crippen molar-refractivity contribution in [1.82, 2.24) is 4.90 Å². The molecule has 2 aromatic carbocycles. The third-order valence-electron chi connectivity index (χ3n) is 6.72. The lowest BCUT2D eigenvalue weighted by molar-refractivity contribution is -0.384. The van der Waals surface area contributed by atoms with Crippen LogP contribution in [0.1, 0.15) is 50.5 Å². The van der Waals surface area contributed by atoms with E-state index in [4.69, 9.17) is 4.74 Å². The fourth-order valence-electron chi connectivity index (χ4n) is 4.90. The van der Waals surface area contributed by atoms with E-state index in [0.29, 0.717) is 6.61 Å². The summed E-state index contributed by atoms with van der Waals surface area (Å²) in [6.07, 6.45) is 7.04. The molecule has 32 heavy (non-hydrogen) atoms. The summed E-state index contributed by atoms with van der Waals surface area (Å²) in [5.41, 5.74) is 0.974. The Morgan fingerprint density at radius 2 is 1.66 bits per heavy atom. The minimum absolute atomic E-state index is 0.0401. The molecule has 0 aromatic heterocycles. The van der Waals surface area contributed by atoms with E-state index in [1.807, 2.05) is 24.3 Å². The van der Waals surface area contributed by atoms with E-state index in [-0.39, 0.29) is 11.6 Å². The fourth-order valence-corrected chi connectivity index (χ4v) is 4.90. The highest BCUT2D eigenvalue weighted by Crippen LogP contribution is 2.42. The second-order valence-corrected chi connectivity index (χ2v) is 8.82. The molecule has 1 saturated carbocycles. The van der Waals surface area contributed by atoms with Crippen LogP contribution in [-0.4, -0.2) is 42.0 Å². The van der Waals surface area contributed by atoms with Crippen LogP contribution in [0.5, 0.6) is 5.75 Å². The van der Waals surface area contributed by atoms with Crippen molar-refractivity contribution in [2.45, 2.75) is 50.4 Å². The molecule has 0 atom stereocenters. The predicted molar refractivity (Wildman–Crippen MR) is 124 cm³/mol. The Morgan fingerprint density at radius 3 is 2.28 bits per heavy atom. The molecular formula is C25H31N3O4. The maximum atomic E-state index is 13.3. The normalized spacial score (nSPS) is 17.9. The number of nitrogens with one attached hydrogen (secondary N) is 1. The molecule has 2 aromatic rings. The quantitative estimate of drug-likeness (QED) is 0.342. The molecule has 0 bridgehead atoms. The molecule has 1 heterocycles. The highest BCUT2D eigenvalue weighted by Gasteiger charge is 2.42. The number of nitro groups is 1. The number of amides is 1. The van der Waals surface area contributed by atoms with Gasteiger partial charge in [-0.3, -0.25) is 14.9 Å². The summed E-state index contributed by atoms with van der Waals surface area (Å²) in [6, 6.07) is 13.9. The van der Waals surface area contributed by atoms with E-state index in [1.165, 1.54) is 38.1 Å². The SMILES string of the molecule is O=C(Nc1ccc(OCCCN2CCCC2)cc1)C1(c2ccc([N+](=O)[O-])cc2)CCCC1. The van der Waals surface area contributed by atoms with E-state index in [2.05, 4.69) is 10.2 Å². The number of hydrogen-bond acceptors (Lipinski definition) is 5. The van der Waals surface area contributed by atoms with Gasteiger partial charge < -0.3 is 15.0 Å². The van der Waals surface area contributed by atoms with Crippen LogP contribution >= 0.6 is 0 Å². The maximum Gasteiger partial charge on any atom is 0.269 e. The topological polar surface area (TPSA) is 84.7 Å². The monoisotopic (exact) mass is 437 g/mol. The first-order valence-corrected chi connectivity index (χ1v) is 11.6. The van der Waals surface area contributed by atoms with E-state index < -0.39 is 10.3 Å². The molecule has 7 nitrogen and oxygen atoms in total. The molecular weight excluding hydrogens is 406 g/mol. The summed E-state index contributed by atoms with van der Waals surface area (Å²) in [5.74, 6) is 0.749. The number of rotatable bonds is 9. The van der Waals surface area contributed by atoms with E-state index in [0.717, 1.165) is 55.6 Å². The smallest absolute Gasteiger partial charge is 0.269 e. The van der Waals surface area contributed by atoms with Crippen molar-refractivity contribution in [3.8, 4) is 5.75 Å². The van der Waals surface area contributed by atoms with Crippen LogP contribution in [0.3, 0.4) is 0 Å². The van der Waals surface area contributed by atoms with Crippen LogP contribution < -0.4 is 10.1 Å². The largest absolute Gasteiger partial charge is 0.494 e. The Morgan fingerprint density at radius 1 is 1.00 bits per heavy atom. The predicted octanol–water partition coefficient (Wildman–Crippen LogP) is 4.91. The minimum Gasteiger partial charge on any atom is -0.494 e. The van der Waals surface area contributed by atoms with Crippen molar-refractivity contribution < 1.29 is 14.5 Å². The number of carbonyl (C=O) groups excluding carboxylic acids is 1. The number of hydrogen-bond donors (Lipinski definition) is 1. The Bertz CT molecular complexity index is 915. The lowest BCUT2D eigenvalue weighted by Crippen LogP contribution is -2.37. The third kappa shape index (κ3) is 5.10. The summed E-state index contributed by atoms with van der Waals surface area (Å²) in [5, 5.41) is 14.0. The molecule has 170 valence electrons. The third-order valence-corrected chi connectivity index (χ3v) is 6.72. The number of benzene rings is 2. The lowest BCUT2D eigenvalue weighted by Gasteiger charge is -2.28.